The lowest BCUT2D eigenvalue weighted by atomic mass is 9.96. The van der Waals surface area contributed by atoms with Gasteiger partial charge in [-0.1, -0.05) is 76.6 Å². The van der Waals surface area contributed by atoms with Crippen molar-refractivity contribution in [3.63, 3.8) is 0 Å². The Bertz CT molecular complexity index is 1690. The molecule has 0 atom stereocenters. The van der Waals surface area contributed by atoms with Crippen LogP contribution >= 0.6 is 28.1 Å². The summed E-state index contributed by atoms with van der Waals surface area (Å²) < 4.78 is 35.2. The number of carbonyl (C=O) groups excluding carboxylic acids is 1. The molecule has 8 nitrogen and oxygen atoms in total. The Hall–Kier alpha value is -3.61. The van der Waals surface area contributed by atoms with E-state index in [-0.39, 0.29) is 22.2 Å². The van der Waals surface area contributed by atoms with Crippen LogP contribution in [0.25, 0.3) is 0 Å². The Morgan fingerprint density at radius 2 is 1.42 bits per heavy atom. The monoisotopic (exact) mass is 706 g/mol. The smallest absolute Gasteiger partial charge is 0.261 e. The molecule has 1 amide bonds. The first-order valence-corrected chi connectivity index (χ1v) is 17.3. The van der Waals surface area contributed by atoms with E-state index in [0.717, 1.165) is 4.47 Å². The van der Waals surface area contributed by atoms with Crippen LogP contribution in [0, 0.1) is 0 Å². The summed E-state index contributed by atoms with van der Waals surface area (Å²) >= 11 is 8.75. The molecule has 4 aromatic rings. The lowest BCUT2D eigenvalue weighted by Crippen LogP contribution is -2.49. The number of piperazine rings is 1. The van der Waals surface area contributed by atoms with Gasteiger partial charge in [0.1, 0.15) is 5.75 Å². The number of carbonyl (C=O) groups is 1. The number of hydrogen-bond acceptors (Lipinski definition) is 6. The van der Waals surface area contributed by atoms with Gasteiger partial charge in [0.05, 0.1) is 22.6 Å². The number of halogens is 1. The molecule has 1 heterocycles. The average molecular weight is 708 g/mol. The first kappa shape index (κ1) is 32.8. The number of benzene rings is 4. The summed E-state index contributed by atoms with van der Waals surface area (Å²) in [6.45, 7) is 5.73. The van der Waals surface area contributed by atoms with Gasteiger partial charge in [-0.2, -0.15) is 4.31 Å². The third-order valence-electron chi connectivity index (χ3n) is 7.39. The molecular formula is C34H35BrN4O4S2. The van der Waals surface area contributed by atoms with Gasteiger partial charge in [-0.25, -0.2) is 8.42 Å². The van der Waals surface area contributed by atoms with Gasteiger partial charge < -0.3 is 10.1 Å². The quantitative estimate of drug-likeness (QED) is 0.193. The maximum Gasteiger partial charge on any atom is 0.261 e. The molecule has 0 aromatic heterocycles. The van der Waals surface area contributed by atoms with Crippen molar-refractivity contribution in [2.45, 2.75) is 30.9 Å². The molecule has 0 spiro atoms. The Kier molecular flexibility index (Phi) is 10.7. The van der Waals surface area contributed by atoms with Gasteiger partial charge in [-0.3, -0.25) is 15.0 Å². The van der Waals surface area contributed by atoms with Gasteiger partial charge in [-0.05, 0) is 79.7 Å². The SMILES string of the molecule is CC(C)Oc1ccc(Br)cc1C(=O)NC(=S)Nc1ccc(S(=O)(=O)N2CCN(C(c3ccccc3)c3ccccc3)CC2)cc1. The second kappa shape index (κ2) is 14.7. The maximum absolute atomic E-state index is 13.6. The van der Waals surface area contributed by atoms with Crippen LogP contribution in [0.4, 0.5) is 5.69 Å². The van der Waals surface area contributed by atoms with Crippen molar-refractivity contribution < 1.29 is 17.9 Å². The lowest BCUT2D eigenvalue weighted by molar-refractivity contribution is 0.0972. The predicted octanol–water partition coefficient (Wildman–Crippen LogP) is 6.46. The highest BCUT2D eigenvalue weighted by Gasteiger charge is 2.32. The van der Waals surface area contributed by atoms with Crippen LogP contribution in [0.2, 0.25) is 0 Å². The van der Waals surface area contributed by atoms with E-state index in [4.69, 9.17) is 17.0 Å². The summed E-state index contributed by atoms with van der Waals surface area (Å²) in [6, 6.07) is 32.2. The zero-order valence-corrected chi connectivity index (χ0v) is 28.2. The number of anilines is 1. The van der Waals surface area contributed by atoms with Crippen molar-refractivity contribution >= 4 is 54.9 Å². The molecule has 0 radical (unpaired) electrons. The highest BCUT2D eigenvalue weighted by Crippen LogP contribution is 2.31. The predicted molar refractivity (Wildman–Crippen MR) is 185 cm³/mol. The van der Waals surface area contributed by atoms with Crippen molar-refractivity contribution in [3.8, 4) is 5.75 Å². The number of nitrogens with zero attached hydrogens (tertiary/aromatic N) is 2. The summed E-state index contributed by atoms with van der Waals surface area (Å²) in [7, 11) is -3.70. The minimum absolute atomic E-state index is 0.0460. The minimum Gasteiger partial charge on any atom is -0.490 e. The van der Waals surface area contributed by atoms with Crippen LogP contribution in [-0.4, -0.2) is 60.9 Å². The zero-order chi connectivity index (χ0) is 32.0. The summed E-state index contributed by atoms with van der Waals surface area (Å²) in [5.74, 6) is 0.0177. The molecule has 11 heteroatoms. The fourth-order valence-corrected chi connectivity index (χ4v) is 7.31. The highest BCUT2D eigenvalue weighted by molar-refractivity contribution is 9.10. The van der Waals surface area contributed by atoms with Gasteiger partial charge in [0, 0.05) is 36.3 Å². The van der Waals surface area contributed by atoms with Gasteiger partial charge in [0.2, 0.25) is 10.0 Å². The minimum atomic E-state index is -3.70. The van der Waals surface area contributed by atoms with E-state index >= 15 is 0 Å². The molecule has 4 aromatic carbocycles. The van der Waals surface area contributed by atoms with Gasteiger partial charge in [-0.15, -0.1) is 0 Å². The summed E-state index contributed by atoms with van der Waals surface area (Å²) in [5, 5.41) is 5.70. The first-order valence-electron chi connectivity index (χ1n) is 14.6. The number of sulfonamides is 1. The lowest BCUT2D eigenvalue weighted by Gasteiger charge is -2.39. The van der Waals surface area contributed by atoms with E-state index < -0.39 is 15.9 Å². The molecular weight excluding hydrogens is 672 g/mol. The van der Waals surface area contributed by atoms with E-state index in [1.807, 2.05) is 50.2 Å². The Labute approximate surface area is 278 Å². The summed E-state index contributed by atoms with van der Waals surface area (Å²) in [6.07, 6.45) is -0.109. The van der Waals surface area contributed by atoms with E-state index in [1.54, 1.807) is 46.8 Å². The molecule has 2 N–H and O–H groups in total. The number of ether oxygens (including phenoxy) is 1. The molecule has 234 valence electrons. The average Bonchev–Trinajstić information content (AvgIpc) is 3.03. The number of nitrogens with one attached hydrogen (secondary N) is 2. The Morgan fingerprint density at radius 3 is 1.98 bits per heavy atom. The molecule has 0 aliphatic carbocycles. The topological polar surface area (TPSA) is 91.0 Å². The molecule has 0 bridgehead atoms. The molecule has 0 saturated carbocycles. The molecule has 1 aliphatic rings. The molecule has 0 unspecified atom stereocenters. The van der Waals surface area contributed by atoms with E-state index in [2.05, 4.69) is 55.7 Å². The van der Waals surface area contributed by atoms with Gasteiger partial charge in [0.25, 0.3) is 5.91 Å². The molecule has 1 fully saturated rings. The molecule has 1 aliphatic heterocycles. The largest absolute Gasteiger partial charge is 0.490 e. The Morgan fingerprint density at radius 1 is 0.844 bits per heavy atom. The fraction of sp³-hybridized carbons (Fsp3) is 0.235. The number of rotatable bonds is 9. The van der Waals surface area contributed by atoms with Crippen molar-refractivity contribution in [3.05, 3.63) is 124 Å². The Balaban J connectivity index is 1.21. The van der Waals surface area contributed by atoms with Crippen LogP contribution in [0.5, 0.6) is 5.75 Å². The number of hydrogen-bond donors (Lipinski definition) is 2. The maximum atomic E-state index is 13.6. The summed E-state index contributed by atoms with van der Waals surface area (Å²) in [5.41, 5.74) is 3.24. The van der Waals surface area contributed by atoms with Crippen molar-refractivity contribution in [1.82, 2.24) is 14.5 Å². The third kappa shape index (κ3) is 8.16. The number of thiocarbonyl (C=S) groups is 1. The molecule has 5 rings (SSSR count). The fourth-order valence-electron chi connectivity index (χ4n) is 5.32. The van der Waals surface area contributed by atoms with E-state index in [9.17, 15) is 13.2 Å². The summed E-state index contributed by atoms with van der Waals surface area (Å²) in [4.78, 5) is 15.5. The van der Waals surface area contributed by atoms with Gasteiger partial charge >= 0.3 is 0 Å². The van der Waals surface area contributed by atoms with Crippen LogP contribution in [0.15, 0.2) is 112 Å². The number of amides is 1. The normalized spacial score (nSPS) is 14.3. The highest BCUT2D eigenvalue weighted by atomic mass is 79.9. The van der Waals surface area contributed by atoms with E-state index in [1.165, 1.54) is 11.1 Å². The van der Waals surface area contributed by atoms with Crippen molar-refractivity contribution in [2.24, 2.45) is 0 Å². The molecule has 1 saturated heterocycles. The zero-order valence-electron chi connectivity index (χ0n) is 25.0. The van der Waals surface area contributed by atoms with Gasteiger partial charge in [0.15, 0.2) is 5.11 Å². The van der Waals surface area contributed by atoms with E-state index in [0.29, 0.717) is 43.2 Å². The first-order chi connectivity index (χ1) is 21.6. The molecule has 45 heavy (non-hydrogen) atoms. The van der Waals surface area contributed by atoms with Crippen molar-refractivity contribution in [1.29, 1.82) is 0 Å². The van der Waals surface area contributed by atoms with Crippen LogP contribution in [0.1, 0.15) is 41.4 Å². The van der Waals surface area contributed by atoms with Crippen LogP contribution in [0.3, 0.4) is 0 Å². The van der Waals surface area contributed by atoms with Crippen LogP contribution < -0.4 is 15.4 Å². The second-order valence-electron chi connectivity index (χ2n) is 10.9. The van der Waals surface area contributed by atoms with Crippen molar-refractivity contribution in [2.75, 3.05) is 31.5 Å². The van der Waals surface area contributed by atoms with Crippen LogP contribution in [-0.2, 0) is 10.0 Å². The third-order valence-corrected chi connectivity index (χ3v) is 10.0. The second-order valence-corrected chi connectivity index (χ2v) is 14.2. The standard InChI is InChI=1S/C34H35BrN4O4S2/c1-24(2)43-31-18-13-27(35)23-30(31)33(40)37-34(44)36-28-14-16-29(17-15-28)45(41,42)39-21-19-38(20-22-39)32(25-9-5-3-6-10-25)26-11-7-4-8-12-26/h3-18,23-24,32H,19-22H2,1-2H3,(H2,36,37,40,44).